The molecular weight excluding hydrogens is 573 g/mol. The zero-order valence-electron chi connectivity index (χ0n) is 21.1. The number of hydrogen-bond donors (Lipinski definition) is 0. The fourth-order valence-electron chi connectivity index (χ4n) is 3.45. The average Bonchev–Trinajstić information content (AvgIpc) is 2.83. The summed E-state index contributed by atoms with van der Waals surface area (Å²) in [5.74, 6) is 0. The van der Waals surface area contributed by atoms with E-state index < -0.39 is 0 Å². The van der Waals surface area contributed by atoms with Crippen molar-refractivity contribution in [2.24, 2.45) is 0 Å². The van der Waals surface area contributed by atoms with Crippen molar-refractivity contribution < 1.29 is 20.4 Å². The monoisotopic (exact) mass is 608 g/mol. The fourth-order valence-corrected chi connectivity index (χ4v) is 8.80. The van der Waals surface area contributed by atoms with Crippen LogP contribution in [-0.4, -0.2) is 17.1 Å². The van der Waals surface area contributed by atoms with Crippen molar-refractivity contribution in [1.29, 1.82) is 0 Å². The molecule has 0 aliphatic carbocycles. The maximum Gasteiger partial charge on any atom is 2.00 e. The van der Waals surface area contributed by atoms with Crippen LogP contribution in [0.1, 0.15) is 20.8 Å². The van der Waals surface area contributed by atoms with Crippen LogP contribution in [0.5, 0.6) is 0 Å². The van der Waals surface area contributed by atoms with Crippen LogP contribution in [0.3, 0.4) is 0 Å². The maximum atomic E-state index is 4.83. The third-order valence-corrected chi connectivity index (χ3v) is 10.2. The van der Waals surface area contributed by atoms with Crippen LogP contribution >= 0.6 is 15.8 Å². The SMILES string of the molecule is CC(C)(C)[S-].[CH3-].[Pd+2].c1ccc(P(CCP(c2ccccc2)c2ccccc2)c2ccccc2)cc1. The Kier molecular flexibility index (Phi) is 15.0. The van der Waals surface area contributed by atoms with Crippen LogP contribution in [0.4, 0.5) is 0 Å². The van der Waals surface area contributed by atoms with Gasteiger partial charge in [0.05, 0.1) is 0 Å². The molecule has 4 aromatic rings. The summed E-state index contributed by atoms with van der Waals surface area (Å²) in [7, 11) is -0.696. The molecule has 0 amide bonds. The molecule has 0 heterocycles. The second-order valence-electron chi connectivity index (χ2n) is 8.76. The smallest absolute Gasteiger partial charge is 0.787 e. The van der Waals surface area contributed by atoms with Gasteiger partial charge in [0.1, 0.15) is 0 Å². The summed E-state index contributed by atoms with van der Waals surface area (Å²) in [5.41, 5.74) is 0. The molecule has 0 spiro atoms. The first-order valence-electron chi connectivity index (χ1n) is 11.4. The molecule has 35 heavy (non-hydrogen) atoms. The van der Waals surface area contributed by atoms with E-state index >= 15 is 0 Å². The van der Waals surface area contributed by atoms with Gasteiger partial charge in [-0.1, -0.05) is 142 Å². The van der Waals surface area contributed by atoms with Crippen LogP contribution in [0.25, 0.3) is 0 Å². The van der Waals surface area contributed by atoms with Gasteiger partial charge in [-0.05, 0) is 49.4 Å². The van der Waals surface area contributed by atoms with E-state index in [4.69, 9.17) is 12.6 Å². The van der Waals surface area contributed by atoms with Crippen molar-refractivity contribution in [1.82, 2.24) is 0 Å². The van der Waals surface area contributed by atoms with Crippen LogP contribution in [0.2, 0.25) is 0 Å². The Balaban J connectivity index is 0.000000798. The molecule has 0 fully saturated rings. The van der Waals surface area contributed by atoms with E-state index in [0.29, 0.717) is 0 Å². The summed E-state index contributed by atoms with van der Waals surface area (Å²) in [4.78, 5) is 0. The number of hydrogen-bond acceptors (Lipinski definition) is 1. The third-order valence-electron chi connectivity index (χ3n) is 4.82. The van der Waals surface area contributed by atoms with E-state index in [-0.39, 0.29) is 48.4 Å². The summed E-state index contributed by atoms with van der Waals surface area (Å²) >= 11 is 4.83. The van der Waals surface area contributed by atoms with Gasteiger partial charge in [0.25, 0.3) is 0 Å². The predicted molar refractivity (Wildman–Crippen MR) is 161 cm³/mol. The molecule has 0 atom stereocenters. The van der Waals surface area contributed by atoms with Crippen molar-refractivity contribution in [2.45, 2.75) is 25.5 Å². The first kappa shape index (κ1) is 31.8. The summed E-state index contributed by atoms with van der Waals surface area (Å²) in [6.07, 6.45) is 2.41. The number of benzene rings is 4. The second kappa shape index (κ2) is 16.5. The standard InChI is InChI=1S/C26H24P2.C4H10S.CH3.Pd/c1-5-13-23(14-6-1)27(24-15-7-2-8-16-24)21-22-28(25-17-9-3-10-18-25)26-19-11-4-12-20-26;1-4(2,3)5;;/h1-20H,21-22H2;5H,1-3H3;1H3;/q;;-1;+2/p-1. The van der Waals surface area contributed by atoms with Gasteiger partial charge in [0, 0.05) is 0 Å². The van der Waals surface area contributed by atoms with E-state index in [9.17, 15) is 0 Å². The summed E-state index contributed by atoms with van der Waals surface area (Å²) in [6, 6.07) is 44.2. The minimum atomic E-state index is -0.348. The summed E-state index contributed by atoms with van der Waals surface area (Å²) in [5, 5.41) is 5.89. The Morgan fingerprint density at radius 1 is 0.486 bits per heavy atom. The van der Waals surface area contributed by atoms with E-state index in [0.717, 1.165) is 0 Å². The van der Waals surface area contributed by atoms with Gasteiger partial charge in [-0.15, -0.1) is 0 Å². The van der Waals surface area contributed by atoms with Crippen molar-refractivity contribution in [3.8, 4) is 0 Å². The normalized spacial score (nSPS) is 10.6. The Morgan fingerprint density at radius 2 is 0.657 bits per heavy atom. The van der Waals surface area contributed by atoms with Gasteiger partial charge >= 0.3 is 20.4 Å². The Hall–Kier alpha value is -1.25. The van der Waals surface area contributed by atoms with Gasteiger partial charge in [-0.3, -0.25) is 0 Å². The van der Waals surface area contributed by atoms with E-state index in [1.165, 1.54) is 33.5 Å². The molecule has 0 aliphatic rings. The molecule has 4 heteroatoms. The van der Waals surface area contributed by atoms with E-state index in [1.54, 1.807) is 0 Å². The van der Waals surface area contributed by atoms with Gasteiger partial charge in [0.2, 0.25) is 0 Å². The van der Waals surface area contributed by atoms with Gasteiger partial charge < -0.3 is 20.1 Å². The predicted octanol–water partition coefficient (Wildman–Crippen LogP) is 7.03. The van der Waals surface area contributed by atoms with Crippen molar-refractivity contribution in [3.05, 3.63) is 129 Å². The Labute approximate surface area is 235 Å². The van der Waals surface area contributed by atoms with Gasteiger partial charge in [-0.25, -0.2) is 0 Å². The summed E-state index contributed by atoms with van der Waals surface area (Å²) < 4.78 is 0.0833. The van der Waals surface area contributed by atoms with Crippen LogP contribution < -0.4 is 21.2 Å². The molecule has 186 valence electrons. The van der Waals surface area contributed by atoms with Crippen LogP contribution in [-0.2, 0) is 33.1 Å². The number of rotatable bonds is 7. The van der Waals surface area contributed by atoms with Crippen molar-refractivity contribution in [2.75, 3.05) is 12.3 Å². The molecule has 4 aromatic carbocycles. The van der Waals surface area contributed by atoms with Gasteiger partial charge in [0.15, 0.2) is 0 Å². The molecule has 0 radical (unpaired) electrons. The molecule has 0 saturated heterocycles. The van der Waals surface area contributed by atoms with Crippen molar-refractivity contribution >= 4 is 49.7 Å². The molecular formula is C31H36P2PdS. The minimum Gasteiger partial charge on any atom is -0.787 e. The van der Waals surface area contributed by atoms with E-state index in [1.807, 2.05) is 20.8 Å². The minimum absolute atomic E-state index is 0. The fraction of sp³-hybridized carbons (Fsp3) is 0.194. The average molecular weight is 609 g/mol. The Bertz CT molecular complexity index is 885. The molecule has 0 N–H and O–H groups in total. The first-order chi connectivity index (χ1) is 15.9. The second-order valence-corrected chi connectivity index (χ2v) is 14.7. The summed E-state index contributed by atoms with van der Waals surface area (Å²) in [6.45, 7) is 6.01. The topological polar surface area (TPSA) is 0 Å². The third kappa shape index (κ3) is 11.6. The van der Waals surface area contributed by atoms with Crippen molar-refractivity contribution in [3.63, 3.8) is 0 Å². The van der Waals surface area contributed by atoms with E-state index in [2.05, 4.69) is 121 Å². The molecule has 0 nitrogen and oxygen atoms in total. The zero-order chi connectivity index (χ0) is 23.5. The first-order valence-corrected chi connectivity index (χ1v) is 14.8. The largest absolute Gasteiger partial charge is 2.00 e. The Morgan fingerprint density at radius 3 is 0.829 bits per heavy atom. The van der Waals surface area contributed by atoms with Gasteiger partial charge in [-0.2, -0.15) is 4.75 Å². The quantitative estimate of drug-likeness (QED) is 0.0940. The molecule has 0 bridgehead atoms. The molecule has 0 aromatic heterocycles. The molecule has 4 rings (SSSR count). The zero-order valence-corrected chi connectivity index (χ0v) is 25.2. The molecule has 0 saturated carbocycles. The van der Waals surface area contributed by atoms with Crippen LogP contribution in [0, 0.1) is 7.43 Å². The molecule has 0 aliphatic heterocycles. The maximum absolute atomic E-state index is 4.83. The van der Waals surface area contributed by atoms with Crippen LogP contribution in [0.15, 0.2) is 121 Å². The molecule has 0 unspecified atom stereocenters.